The normalized spacial score (nSPS) is 11.4. The van der Waals surface area contributed by atoms with Gasteiger partial charge in [0.2, 0.25) is 0 Å². The summed E-state index contributed by atoms with van der Waals surface area (Å²) in [6.45, 7) is 2.09. The van der Waals surface area contributed by atoms with E-state index in [9.17, 15) is 0 Å². The summed E-state index contributed by atoms with van der Waals surface area (Å²) in [5, 5.41) is 8.73. The highest BCUT2D eigenvalue weighted by Gasteiger charge is 2.16. The Morgan fingerprint density at radius 3 is 2.58 bits per heavy atom. The SMILES string of the molecule is Cc1ccncc1-c1ccc2[nH]nc(-c3nc4c(-c5cccnc5)cccc4[nH]3)c2c1. The van der Waals surface area contributed by atoms with Crippen molar-refractivity contribution in [2.24, 2.45) is 0 Å². The van der Waals surface area contributed by atoms with E-state index in [4.69, 9.17) is 4.98 Å². The third kappa shape index (κ3) is 2.88. The first-order valence-corrected chi connectivity index (χ1v) is 10.1. The minimum Gasteiger partial charge on any atom is -0.337 e. The Kier molecular flexibility index (Phi) is 3.89. The predicted molar refractivity (Wildman–Crippen MR) is 122 cm³/mol. The van der Waals surface area contributed by atoms with Crippen LogP contribution in [0.4, 0.5) is 0 Å². The third-order valence-electron chi connectivity index (χ3n) is 5.62. The average molecular weight is 402 g/mol. The number of nitrogens with one attached hydrogen (secondary N) is 2. The first-order valence-electron chi connectivity index (χ1n) is 10.1. The first kappa shape index (κ1) is 17.5. The molecule has 2 N–H and O–H groups in total. The fraction of sp³-hybridized carbons (Fsp3) is 0.0400. The topological polar surface area (TPSA) is 83.1 Å². The van der Waals surface area contributed by atoms with Crippen LogP contribution in [0.2, 0.25) is 0 Å². The van der Waals surface area contributed by atoms with E-state index in [1.165, 1.54) is 5.56 Å². The van der Waals surface area contributed by atoms with Gasteiger partial charge in [-0.1, -0.05) is 24.3 Å². The largest absolute Gasteiger partial charge is 0.337 e. The van der Waals surface area contributed by atoms with Gasteiger partial charge in [-0.2, -0.15) is 5.10 Å². The van der Waals surface area contributed by atoms with Gasteiger partial charge < -0.3 is 4.98 Å². The molecule has 148 valence electrons. The lowest BCUT2D eigenvalue weighted by molar-refractivity contribution is 1.11. The number of benzene rings is 2. The Morgan fingerprint density at radius 1 is 0.774 bits per heavy atom. The number of rotatable bonds is 3. The number of nitrogens with zero attached hydrogens (tertiary/aromatic N) is 4. The summed E-state index contributed by atoms with van der Waals surface area (Å²) in [4.78, 5) is 16.9. The predicted octanol–water partition coefficient (Wildman–Crippen LogP) is 5.54. The standard InChI is InChI=1S/C25H18N6/c1-15-9-11-27-14-20(15)16-7-8-21-19(12-16)24(31-30-21)25-28-22-6-2-5-18(23(22)29-25)17-4-3-10-26-13-17/h2-14H,1H3,(H,28,29)(H,30,31). The Labute approximate surface area is 178 Å². The van der Waals surface area contributed by atoms with Crippen molar-refractivity contribution in [2.45, 2.75) is 6.92 Å². The zero-order valence-electron chi connectivity index (χ0n) is 16.8. The van der Waals surface area contributed by atoms with Crippen LogP contribution in [-0.4, -0.2) is 30.1 Å². The van der Waals surface area contributed by atoms with E-state index in [1.807, 2.05) is 48.9 Å². The fourth-order valence-electron chi connectivity index (χ4n) is 4.03. The molecule has 0 saturated carbocycles. The second kappa shape index (κ2) is 6.88. The molecule has 0 aliphatic carbocycles. The van der Waals surface area contributed by atoms with E-state index in [0.717, 1.165) is 55.7 Å². The lowest BCUT2D eigenvalue weighted by Crippen LogP contribution is -1.86. The zero-order valence-corrected chi connectivity index (χ0v) is 16.8. The second-order valence-electron chi connectivity index (χ2n) is 7.55. The number of imidazole rings is 1. The van der Waals surface area contributed by atoms with Crippen LogP contribution in [0.25, 0.3) is 55.7 Å². The van der Waals surface area contributed by atoms with Gasteiger partial charge in [0.05, 0.1) is 16.6 Å². The maximum atomic E-state index is 4.92. The summed E-state index contributed by atoms with van der Waals surface area (Å²) in [5.74, 6) is 0.734. The number of aromatic nitrogens is 6. The number of fused-ring (bicyclic) bond motifs is 2. The Hall–Kier alpha value is -4.32. The molecule has 4 aromatic heterocycles. The van der Waals surface area contributed by atoms with E-state index in [2.05, 4.69) is 56.3 Å². The van der Waals surface area contributed by atoms with Crippen LogP contribution in [0.15, 0.2) is 79.4 Å². The van der Waals surface area contributed by atoms with Gasteiger partial charge in [0, 0.05) is 46.9 Å². The molecule has 0 saturated heterocycles. The van der Waals surface area contributed by atoms with Crippen molar-refractivity contribution >= 4 is 21.9 Å². The molecule has 0 atom stereocenters. The van der Waals surface area contributed by atoms with Crippen molar-refractivity contribution in [2.75, 3.05) is 0 Å². The average Bonchev–Trinajstić information content (AvgIpc) is 3.43. The Balaban J connectivity index is 1.52. The molecule has 6 aromatic rings. The van der Waals surface area contributed by atoms with Crippen LogP contribution in [-0.2, 0) is 0 Å². The van der Waals surface area contributed by atoms with Crippen molar-refractivity contribution in [3.8, 4) is 33.8 Å². The van der Waals surface area contributed by atoms with Crippen LogP contribution >= 0.6 is 0 Å². The Morgan fingerprint density at radius 2 is 1.71 bits per heavy atom. The maximum Gasteiger partial charge on any atom is 0.159 e. The molecule has 0 amide bonds. The van der Waals surface area contributed by atoms with Crippen LogP contribution in [0.1, 0.15) is 5.56 Å². The highest BCUT2D eigenvalue weighted by atomic mass is 15.1. The number of hydrogen-bond donors (Lipinski definition) is 2. The monoisotopic (exact) mass is 402 g/mol. The van der Waals surface area contributed by atoms with Crippen molar-refractivity contribution in [1.29, 1.82) is 0 Å². The summed E-state index contributed by atoms with van der Waals surface area (Å²) in [6, 6.07) is 18.4. The van der Waals surface area contributed by atoms with Gasteiger partial charge in [0.15, 0.2) is 5.82 Å². The number of H-pyrrole nitrogens is 2. The number of hydrogen-bond acceptors (Lipinski definition) is 4. The molecule has 0 unspecified atom stereocenters. The minimum atomic E-state index is 0.734. The van der Waals surface area contributed by atoms with Crippen molar-refractivity contribution in [3.05, 3.63) is 84.9 Å². The zero-order chi connectivity index (χ0) is 20.8. The molecular formula is C25H18N6. The summed E-state index contributed by atoms with van der Waals surface area (Å²) < 4.78 is 0. The van der Waals surface area contributed by atoms with Crippen LogP contribution in [0.3, 0.4) is 0 Å². The molecule has 6 heteroatoms. The van der Waals surface area contributed by atoms with Crippen molar-refractivity contribution < 1.29 is 0 Å². The molecule has 0 aliphatic rings. The van der Waals surface area contributed by atoms with E-state index < -0.39 is 0 Å². The summed E-state index contributed by atoms with van der Waals surface area (Å²) in [6.07, 6.45) is 7.35. The lowest BCUT2D eigenvalue weighted by atomic mass is 10.0. The van der Waals surface area contributed by atoms with Gasteiger partial charge in [-0.3, -0.25) is 15.1 Å². The summed E-state index contributed by atoms with van der Waals surface area (Å²) in [7, 11) is 0. The van der Waals surface area contributed by atoms with E-state index in [0.29, 0.717) is 0 Å². The van der Waals surface area contributed by atoms with Gasteiger partial charge in [-0.25, -0.2) is 4.98 Å². The van der Waals surface area contributed by atoms with Crippen LogP contribution < -0.4 is 0 Å². The van der Waals surface area contributed by atoms with E-state index in [-0.39, 0.29) is 0 Å². The lowest BCUT2D eigenvalue weighted by Gasteiger charge is -2.05. The van der Waals surface area contributed by atoms with Gasteiger partial charge in [-0.15, -0.1) is 0 Å². The molecule has 31 heavy (non-hydrogen) atoms. The fourth-order valence-corrected chi connectivity index (χ4v) is 4.03. The molecular weight excluding hydrogens is 384 g/mol. The van der Waals surface area contributed by atoms with E-state index in [1.54, 1.807) is 6.20 Å². The molecule has 0 bridgehead atoms. The van der Waals surface area contributed by atoms with Crippen LogP contribution in [0.5, 0.6) is 0 Å². The minimum absolute atomic E-state index is 0.734. The summed E-state index contributed by atoms with van der Waals surface area (Å²) >= 11 is 0. The highest BCUT2D eigenvalue weighted by molar-refractivity contribution is 5.98. The number of aryl methyl sites for hydroxylation is 1. The van der Waals surface area contributed by atoms with Gasteiger partial charge in [-0.05, 0) is 48.4 Å². The van der Waals surface area contributed by atoms with Crippen molar-refractivity contribution in [1.82, 2.24) is 30.1 Å². The van der Waals surface area contributed by atoms with Crippen LogP contribution in [0, 0.1) is 6.92 Å². The van der Waals surface area contributed by atoms with Crippen molar-refractivity contribution in [3.63, 3.8) is 0 Å². The highest BCUT2D eigenvalue weighted by Crippen LogP contribution is 2.33. The molecule has 6 nitrogen and oxygen atoms in total. The Bertz CT molecular complexity index is 1550. The molecule has 2 aromatic carbocycles. The van der Waals surface area contributed by atoms with Gasteiger partial charge >= 0.3 is 0 Å². The molecule has 0 spiro atoms. The molecule has 0 fully saturated rings. The third-order valence-corrected chi connectivity index (χ3v) is 5.62. The number of pyridine rings is 2. The first-order chi connectivity index (χ1) is 15.3. The van der Waals surface area contributed by atoms with E-state index >= 15 is 0 Å². The second-order valence-corrected chi connectivity index (χ2v) is 7.55. The number of para-hydroxylation sites is 1. The maximum absolute atomic E-state index is 4.92. The van der Waals surface area contributed by atoms with Gasteiger partial charge in [0.1, 0.15) is 5.69 Å². The molecule has 0 aliphatic heterocycles. The summed E-state index contributed by atoms with van der Waals surface area (Å²) in [5.41, 5.74) is 9.11. The molecule has 4 heterocycles. The molecule has 0 radical (unpaired) electrons. The quantitative estimate of drug-likeness (QED) is 0.407. The molecule has 6 rings (SSSR count). The number of aromatic amines is 2. The smallest absolute Gasteiger partial charge is 0.159 e. The van der Waals surface area contributed by atoms with Gasteiger partial charge in [0.25, 0.3) is 0 Å².